The first-order valence-corrected chi connectivity index (χ1v) is 12.5. The molecule has 1 fully saturated rings. The highest BCUT2D eigenvalue weighted by Crippen LogP contribution is 2.23. The van der Waals surface area contributed by atoms with E-state index in [0.717, 1.165) is 19.3 Å². The second-order valence-corrected chi connectivity index (χ2v) is 10.2. The summed E-state index contributed by atoms with van der Waals surface area (Å²) < 4.78 is 32.6. The molecule has 1 N–H and O–H groups in total. The average Bonchev–Trinajstić information content (AvgIpc) is 3.36. The van der Waals surface area contributed by atoms with Gasteiger partial charge in [0.15, 0.2) is 0 Å². The molecule has 2 heterocycles. The zero-order valence-electron chi connectivity index (χ0n) is 17.2. The topological polar surface area (TPSA) is 92.8 Å². The number of hydrogen-bond acceptors (Lipinski definition) is 6. The van der Waals surface area contributed by atoms with Crippen LogP contribution in [0.5, 0.6) is 5.75 Å². The molecular weight excluding hydrogens is 448 g/mol. The van der Waals surface area contributed by atoms with Gasteiger partial charge < -0.3 is 10.1 Å². The van der Waals surface area contributed by atoms with Crippen molar-refractivity contribution in [2.45, 2.75) is 24.2 Å². The lowest BCUT2D eigenvalue weighted by molar-refractivity contribution is 0.0734. The van der Waals surface area contributed by atoms with Crippen molar-refractivity contribution in [3.8, 4) is 5.75 Å². The summed E-state index contributed by atoms with van der Waals surface area (Å²) in [4.78, 5) is 25.4. The summed E-state index contributed by atoms with van der Waals surface area (Å²) in [5.41, 5.74) is 0.719. The number of sulfonamides is 1. The summed E-state index contributed by atoms with van der Waals surface area (Å²) in [5, 5.41) is 4.60. The summed E-state index contributed by atoms with van der Waals surface area (Å²) in [6, 6.07) is 15.8. The van der Waals surface area contributed by atoms with Crippen molar-refractivity contribution in [2.24, 2.45) is 0 Å². The molecule has 7 nitrogen and oxygen atoms in total. The van der Waals surface area contributed by atoms with Gasteiger partial charge in [0.1, 0.15) is 5.75 Å². The molecule has 0 atom stereocenters. The maximum Gasteiger partial charge on any atom is 0.343 e. The molecule has 1 saturated heterocycles. The minimum absolute atomic E-state index is 0.0838. The summed E-state index contributed by atoms with van der Waals surface area (Å²) in [7, 11) is -3.64. The number of amides is 1. The lowest BCUT2D eigenvalue weighted by Crippen LogP contribution is -2.35. The van der Waals surface area contributed by atoms with Gasteiger partial charge in [-0.1, -0.05) is 18.6 Å². The predicted octanol–water partition coefficient (Wildman–Crippen LogP) is 4.39. The maximum atomic E-state index is 12.9. The molecule has 4 rings (SSSR count). The third-order valence-corrected chi connectivity index (χ3v) is 7.85. The van der Waals surface area contributed by atoms with E-state index in [4.69, 9.17) is 4.74 Å². The van der Waals surface area contributed by atoms with E-state index in [9.17, 15) is 18.0 Å². The van der Waals surface area contributed by atoms with Gasteiger partial charge in [-0.3, -0.25) is 4.79 Å². The Labute approximate surface area is 190 Å². The Bertz CT molecular complexity index is 1200. The quantitative estimate of drug-likeness (QED) is 0.426. The second kappa shape index (κ2) is 9.64. The van der Waals surface area contributed by atoms with Crippen LogP contribution in [0.15, 0.2) is 70.9 Å². The molecule has 0 spiro atoms. The van der Waals surface area contributed by atoms with E-state index >= 15 is 0 Å². The van der Waals surface area contributed by atoms with Gasteiger partial charge in [-0.15, -0.1) is 11.3 Å². The molecule has 0 saturated carbocycles. The minimum Gasteiger partial charge on any atom is -0.423 e. The number of nitrogens with zero attached hydrogens (tertiary/aromatic N) is 1. The minimum atomic E-state index is -3.64. The molecule has 32 heavy (non-hydrogen) atoms. The average molecular weight is 471 g/mol. The van der Waals surface area contributed by atoms with Gasteiger partial charge in [0.25, 0.3) is 5.91 Å². The molecular formula is C23H22N2O5S2. The number of carbonyl (C=O) groups is 2. The smallest absolute Gasteiger partial charge is 0.343 e. The third-order valence-electron chi connectivity index (χ3n) is 5.09. The van der Waals surface area contributed by atoms with Gasteiger partial charge in [-0.05, 0) is 66.8 Å². The fourth-order valence-electron chi connectivity index (χ4n) is 3.41. The fourth-order valence-corrected chi connectivity index (χ4v) is 5.59. The van der Waals surface area contributed by atoms with E-state index in [1.807, 2.05) is 5.38 Å². The molecule has 1 amide bonds. The lowest BCUT2D eigenvalue weighted by atomic mass is 10.2. The maximum absolute atomic E-state index is 12.9. The summed E-state index contributed by atoms with van der Waals surface area (Å²) in [5.74, 6) is -0.582. The molecule has 0 radical (unpaired) electrons. The second-order valence-electron chi connectivity index (χ2n) is 7.34. The monoisotopic (exact) mass is 470 g/mol. The first kappa shape index (κ1) is 22.2. The lowest BCUT2D eigenvalue weighted by Gasteiger charge is -2.25. The van der Waals surface area contributed by atoms with E-state index in [2.05, 4.69) is 5.32 Å². The number of hydrogen-bond donors (Lipinski definition) is 1. The van der Waals surface area contributed by atoms with Crippen molar-refractivity contribution < 1.29 is 22.7 Å². The van der Waals surface area contributed by atoms with Crippen LogP contribution in [0.1, 0.15) is 39.3 Å². The normalized spacial score (nSPS) is 14.6. The SMILES string of the molecule is O=C(Oc1ccc(NC(=O)c2cccs2)cc1)c1cccc(S(=O)(=O)N2CCCCC2)c1. The van der Waals surface area contributed by atoms with Crippen LogP contribution in [0.4, 0.5) is 5.69 Å². The first-order chi connectivity index (χ1) is 15.4. The molecule has 2 aromatic carbocycles. The molecule has 1 aliphatic heterocycles. The van der Waals surface area contributed by atoms with E-state index in [0.29, 0.717) is 23.7 Å². The molecule has 166 valence electrons. The van der Waals surface area contributed by atoms with Crippen molar-refractivity contribution in [3.63, 3.8) is 0 Å². The van der Waals surface area contributed by atoms with Crippen molar-refractivity contribution in [1.29, 1.82) is 0 Å². The van der Waals surface area contributed by atoms with E-state index in [1.165, 1.54) is 39.9 Å². The van der Waals surface area contributed by atoms with Crippen molar-refractivity contribution in [1.82, 2.24) is 4.31 Å². The van der Waals surface area contributed by atoms with Crippen LogP contribution in [-0.2, 0) is 10.0 Å². The van der Waals surface area contributed by atoms with Crippen molar-refractivity contribution >= 4 is 38.9 Å². The Hall–Kier alpha value is -3.01. The van der Waals surface area contributed by atoms with Crippen LogP contribution in [0, 0.1) is 0 Å². The Morgan fingerprint density at radius 1 is 0.938 bits per heavy atom. The Morgan fingerprint density at radius 2 is 1.69 bits per heavy atom. The predicted molar refractivity (Wildman–Crippen MR) is 123 cm³/mol. The number of rotatable bonds is 6. The Balaban J connectivity index is 1.43. The molecule has 0 unspecified atom stereocenters. The summed E-state index contributed by atoms with van der Waals surface area (Å²) >= 11 is 1.34. The largest absolute Gasteiger partial charge is 0.423 e. The van der Waals surface area contributed by atoms with Gasteiger partial charge in [0.05, 0.1) is 15.3 Å². The van der Waals surface area contributed by atoms with Crippen LogP contribution < -0.4 is 10.1 Å². The number of nitrogens with one attached hydrogen (secondary N) is 1. The van der Waals surface area contributed by atoms with Crippen molar-refractivity contribution in [2.75, 3.05) is 18.4 Å². The number of piperidine rings is 1. The zero-order valence-corrected chi connectivity index (χ0v) is 18.8. The Morgan fingerprint density at radius 3 is 2.38 bits per heavy atom. The number of thiophene rings is 1. The standard InChI is InChI=1S/C23H22N2O5S2/c26-22(21-8-5-15-31-21)24-18-9-11-19(12-10-18)30-23(27)17-6-4-7-20(16-17)32(28,29)25-13-2-1-3-14-25/h4-12,15-16H,1-3,13-14H2,(H,24,26). The van der Waals surface area contributed by atoms with Gasteiger partial charge in [-0.2, -0.15) is 4.31 Å². The highest BCUT2D eigenvalue weighted by molar-refractivity contribution is 7.89. The molecule has 1 aromatic heterocycles. The van der Waals surface area contributed by atoms with E-state index < -0.39 is 16.0 Å². The highest BCUT2D eigenvalue weighted by Gasteiger charge is 2.26. The van der Waals surface area contributed by atoms with Gasteiger partial charge >= 0.3 is 5.97 Å². The third kappa shape index (κ3) is 5.07. The number of carbonyl (C=O) groups excluding carboxylic acids is 2. The zero-order chi connectivity index (χ0) is 22.6. The number of anilines is 1. The first-order valence-electron chi connectivity index (χ1n) is 10.2. The van der Waals surface area contributed by atoms with Gasteiger partial charge in [0, 0.05) is 18.8 Å². The van der Waals surface area contributed by atoms with Crippen molar-refractivity contribution in [3.05, 3.63) is 76.5 Å². The van der Waals surface area contributed by atoms with Crippen LogP contribution in [0.2, 0.25) is 0 Å². The van der Waals surface area contributed by atoms with Crippen LogP contribution in [0.3, 0.4) is 0 Å². The van der Waals surface area contributed by atoms with Crippen LogP contribution >= 0.6 is 11.3 Å². The van der Waals surface area contributed by atoms with Crippen LogP contribution in [0.25, 0.3) is 0 Å². The molecule has 0 bridgehead atoms. The fraction of sp³-hybridized carbons (Fsp3) is 0.217. The van der Waals surface area contributed by atoms with E-state index in [-0.39, 0.29) is 22.1 Å². The van der Waals surface area contributed by atoms with Gasteiger partial charge in [0.2, 0.25) is 10.0 Å². The molecule has 1 aliphatic rings. The summed E-state index contributed by atoms with van der Waals surface area (Å²) in [6.45, 7) is 0.985. The van der Waals surface area contributed by atoms with E-state index in [1.54, 1.807) is 36.4 Å². The number of esters is 1. The number of benzene rings is 2. The summed E-state index contributed by atoms with van der Waals surface area (Å²) in [6.07, 6.45) is 2.70. The number of ether oxygens (including phenoxy) is 1. The molecule has 3 aromatic rings. The molecule has 0 aliphatic carbocycles. The Kier molecular flexibility index (Phi) is 6.69. The highest BCUT2D eigenvalue weighted by atomic mass is 32.2. The van der Waals surface area contributed by atoms with Gasteiger partial charge in [-0.25, -0.2) is 13.2 Å². The van der Waals surface area contributed by atoms with Crippen LogP contribution in [-0.4, -0.2) is 37.7 Å². The molecule has 9 heteroatoms.